The number of nitrogens with zero attached hydrogens (tertiary/aromatic N) is 1. The first-order chi connectivity index (χ1) is 7.25. The molecule has 0 aliphatic heterocycles. The van der Waals surface area contributed by atoms with Gasteiger partial charge in [-0.15, -0.1) is 0 Å². The normalized spacial score (nSPS) is 10.3. The molecule has 0 aliphatic carbocycles. The lowest BCUT2D eigenvalue weighted by Gasteiger charge is -2.02. The molecule has 0 N–H and O–H groups in total. The Morgan fingerprint density at radius 3 is 2.33 bits per heavy atom. The maximum atomic E-state index is 5.54. The number of fused-ring (bicyclic) bond motifs is 1. The van der Waals surface area contributed by atoms with Crippen molar-refractivity contribution in [2.45, 2.75) is 13.8 Å². The first kappa shape index (κ1) is 9.84. The van der Waals surface area contributed by atoms with Gasteiger partial charge >= 0.3 is 0 Å². The highest BCUT2D eigenvalue weighted by Gasteiger charge is 1.96. The van der Waals surface area contributed by atoms with Gasteiger partial charge in [0.1, 0.15) is 6.61 Å². The van der Waals surface area contributed by atoms with E-state index >= 15 is 0 Å². The summed E-state index contributed by atoms with van der Waals surface area (Å²) in [7, 11) is 0. The third kappa shape index (κ3) is 2.40. The van der Waals surface area contributed by atoms with Crippen LogP contribution in [0.1, 0.15) is 13.8 Å². The highest BCUT2D eigenvalue weighted by molar-refractivity contribution is 5.81. The standard InChI is InChI=1S/C13H15NO/c1-11(2)7-8-15-14-9-12-5-3-4-6-13(12)10-14/h3-7,9-10H,8H2,1-2H3. The van der Waals surface area contributed by atoms with Gasteiger partial charge in [0.2, 0.25) is 0 Å². The molecule has 78 valence electrons. The molecule has 2 rings (SSSR count). The average molecular weight is 201 g/mol. The van der Waals surface area contributed by atoms with Gasteiger partial charge in [0, 0.05) is 10.8 Å². The van der Waals surface area contributed by atoms with E-state index < -0.39 is 0 Å². The second-order valence-corrected chi connectivity index (χ2v) is 3.82. The predicted octanol–water partition coefficient (Wildman–Crippen LogP) is 3.04. The zero-order valence-electron chi connectivity index (χ0n) is 9.10. The van der Waals surface area contributed by atoms with E-state index in [9.17, 15) is 0 Å². The van der Waals surface area contributed by atoms with Gasteiger partial charge in [0.05, 0.1) is 12.4 Å². The number of aromatic nitrogens is 1. The summed E-state index contributed by atoms with van der Waals surface area (Å²) in [4.78, 5) is 5.54. The lowest BCUT2D eigenvalue weighted by atomic mass is 10.2. The monoisotopic (exact) mass is 201 g/mol. The van der Waals surface area contributed by atoms with Crippen molar-refractivity contribution in [3.8, 4) is 0 Å². The summed E-state index contributed by atoms with van der Waals surface area (Å²) < 4.78 is 1.77. The topological polar surface area (TPSA) is 14.2 Å². The molecule has 0 atom stereocenters. The zero-order valence-corrected chi connectivity index (χ0v) is 9.10. The molecule has 0 fully saturated rings. The SMILES string of the molecule is CC(C)=CCOn1cc2ccccc2c1. The fourth-order valence-corrected chi connectivity index (χ4v) is 1.42. The second-order valence-electron chi connectivity index (χ2n) is 3.82. The molecule has 2 aromatic rings. The van der Waals surface area contributed by atoms with Crippen molar-refractivity contribution in [1.29, 1.82) is 0 Å². The molecular weight excluding hydrogens is 186 g/mol. The summed E-state index contributed by atoms with van der Waals surface area (Å²) in [5.74, 6) is 0. The van der Waals surface area contributed by atoms with E-state index in [0.29, 0.717) is 6.61 Å². The average Bonchev–Trinajstić information content (AvgIpc) is 2.59. The Morgan fingerprint density at radius 2 is 1.80 bits per heavy atom. The lowest BCUT2D eigenvalue weighted by Crippen LogP contribution is -2.08. The summed E-state index contributed by atoms with van der Waals surface area (Å²) in [5.41, 5.74) is 1.27. The molecule has 0 radical (unpaired) electrons. The molecule has 15 heavy (non-hydrogen) atoms. The van der Waals surface area contributed by atoms with Crippen LogP contribution in [0.5, 0.6) is 0 Å². The Balaban J connectivity index is 2.12. The van der Waals surface area contributed by atoms with Gasteiger partial charge in [-0.2, -0.15) is 4.73 Å². The largest absolute Gasteiger partial charge is 0.410 e. The van der Waals surface area contributed by atoms with Crippen LogP contribution in [-0.2, 0) is 0 Å². The van der Waals surface area contributed by atoms with E-state index in [-0.39, 0.29) is 0 Å². The van der Waals surface area contributed by atoms with Crippen molar-refractivity contribution in [3.05, 3.63) is 48.3 Å². The molecule has 2 nitrogen and oxygen atoms in total. The van der Waals surface area contributed by atoms with E-state index in [1.807, 2.05) is 24.5 Å². The Bertz CT molecular complexity index is 445. The summed E-state index contributed by atoms with van der Waals surface area (Å²) in [5, 5.41) is 2.41. The Labute approximate surface area is 89.7 Å². The van der Waals surface area contributed by atoms with E-state index in [4.69, 9.17) is 4.84 Å². The van der Waals surface area contributed by atoms with E-state index in [1.165, 1.54) is 16.3 Å². The van der Waals surface area contributed by atoms with Crippen molar-refractivity contribution in [3.63, 3.8) is 0 Å². The van der Waals surface area contributed by atoms with E-state index in [1.54, 1.807) is 4.73 Å². The van der Waals surface area contributed by atoms with E-state index in [2.05, 4.69) is 32.1 Å². The van der Waals surface area contributed by atoms with Gasteiger partial charge < -0.3 is 4.84 Å². The second kappa shape index (κ2) is 4.22. The maximum absolute atomic E-state index is 5.54. The third-order valence-corrected chi connectivity index (χ3v) is 2.24. The van der Waals surface area contributed by atoms with Gasteiger partial charge in [0.15, 0.2) is 0 Å². The Kier molecular flexibility index (Phi) is 2.77. The lowest BCUT2D eigenvalue weighted by molar-refractivity contribution is 0.136. The zero-order chi connectivity index (χ0) is 10.7. The first-order valence-corrected chi connectivity index (χ1v) is 5.09. The molecule has 0 saturated heterocycles. The van der Waals surface area contributed by atoms with Crippen LogP contribution in [0.3, 0.4) is 0 Å². The summed E-state index contributed by atoms with van der Waals surface area (Å²) in [6.07, 6.45) is 6.05. The fraction of sp³-hybridized carbons (Fsp3) is 0.231. The molecule has 0 saturated carbocycles. The molecule has 0 aliphatic rings. The summed E-state index contributed by atoms with van der Waals surface area (Å²) in [6, 6.07) is 8.22. The van der Waals surface area contributed by atoms with Gasteiger partial charge in [-0.1, -0.05) is 29.8 Å². The van der Waals surface area contributed by atoms with Gasteiger partial charge in [-0.25, -0.2) is 0 Å². The van der Waals surface area contributed by atoms with Gasteiger partial charge in [0.25, 0.3) is 0 Å². The van der Waals surface area contributed by atoms with Crippen LogP contribution < -0.4 is 4.84 Å². The number of allylic oxidation sites excluding steroid dienone is 1. The Morgan fingerprint density at radius 1 is 1.20 bits per heavy atom. The van der Waals surface area contributed by atoms with Crippen LogP contribution >= 0.6 is 0 Å². The van der Waals surface area contributed by atoms with Crippen LogP contribution in [0.15, 0.2) is 48.3 Å². The number of benzene rings is 1. The minimum atomic E-state index is 0.614. The number of hydrogen-bond acceptors (Lipinski definition) is 1. The Hall–Kier alpha value is -1.70. The van der Waals surface area contributed by atoms with Crippen LogP contribution in [-0.4, -0.2) is 11.3 Å². The molecule has 0 amide bonds. The number of rotatable bonds is 3. The van der Waals surface area contributed by atoms with Crippen LogP contribution in [0.25, 0.3) is 10.8 Å². The van der Waals surface area contributed by atoms with Crippen LogP contribution in [0, 0.1) is 0 Å². The van der Waals surface area contributed by atoms with Crippen molar-refractivity contribution in [2.24, 2.45) is 0 Å². The highest BCUT2D eigenvalue weighted by atomic mass is 16.7. The quantitative estimate of drug-likeness (QED) is 0.696. The molecule has 0 spiro atoms. The molecule has 0 bridgehead atoms. The predicted molar refractivity (Wildman–Crippen MR) is 62.8 cm³/mol. The van der Waals surface area contributed by atoms with Gasteiger partial charge in [-0.05, 0) is 19.9 Å². The number of hydrogen-bond donors (Lipinski definition) is 0. The van der Waals surface area contributed by atoms with E-state index in [0.717, 1.165) is 0 Å². The summed E-state index contributed by atoms with van der Waals surface area (Å²) >= 11 is 0. The minimum Gasteiger partial charge on any atom is -0.410 e. The van der Waals surface area contributed by atoms with Crippen molar-refractivity contribution in [1.82, 2.24) is 4.73 Å². The van der Waals surface area contributed by atoms with Crippen LogP contribution in [0.4, 0.5) is 0 Å². The molecular formula is C13H15NO. The van der Waals surface area contributed by atoms with Crippen molar-refractivity contribution < 1.29 is 4.84 Å². The van der Waals surface area contributed by atoms with Crippen molar-refractivity contribution in [2.75, 3.05) is 6.61 Å². The molecule has 1 heterocycles. The highest BCUT2D eigenvalue weighted by Crippen LogP contribution is 2.13. The first-order valence-electron chi connectivity index (χ1n) is 5.09. The molecule has 0 unspecified atom stereocenters. The fourth-order valence-electron chi connectivity index (χ4n) is 1.42. The smallest absolute Gasteiger partial charge is 0.133 e. The third-order valence-electron chi connectivity index (χ3n) is 2.24. The molecule has 2 heteroatoms. The summed E-state index contributed by atoms with van der Waals surface area (Å²) in [6.45, 7) is 4.74. The van der Waals surface area contributed by atoms with Crippen molar-refractivity contribution >= 4 is 10.8 Å². The molecule has 1 aromatic carbocycles. The minimum absolute atomic E-state index is 0.614. The molecule has 1 aromatic heterocycles. The maximum Gasteiger partial charge on any atom is 0.133 e. The van der Waals surface area contributed by atoms with Gasteiger partial charge in [-0.3, -0.25) is 0 Å². The van der Waals surface area contributed by atoms with Crippen LogP contribution in [0.2, 0.25) is 0 Å².